The topological polar surface area (TPSA) is 69.6 Å². The highest BCUT2D eigenvalue weighted by Crippen LogP contribution is 2.10. The molecule has 1 N–H and O–H groups in total. The third-order valence-electron chi connectivity index (χ3n) is 3.31. The predicted molar refractivity (Wildman–Crippen MR) is 78.5 cm³/mol. The molecule has 0 saturated carbocycles. The van der Waals surface area contributed by atoms with Crippen molar-refractivity contribution in [1.82, 2.24) is 14.9 Å². The van der Waals surface area contributed by atoms with E-state index < -0.39 is 0 Å². The number of anilines is 1. The number of aliphatic hydroxyl groups is 1. The largest absolute Gasteiger partial charge is 0.395 e. The Kier molecular flexibility index (Phi) is 6.93. The fraction of sp³-hybridized carbons (Fsp3) is 0.643. The quantitative estimate of drug-likeness (QED) is 0.767. The minimum Gasteiger partial charge on any atom is -0.395 e. The van der Waals surface area contributed by atoms with E-state index >= 15 is 0 Å². The van der Waals surface area contributed by atoms with Crippen LogP contribution in [0, 0.1) is 0 Å². The molecule has 0 radical (unpaired) electrons. The van der Waals surface area contributed by atoms with Crippen molar-refractivity contribution in [3.05, 3.63) is 18.5 Å². The summed E-state index contributed by atoms with van der Waals surface area (Å²) in [5.41, 5.74) is 0. The van der Waals surface area contributed by atoms with Crippen molar-refractivity contribution in [2.45, 2.75) is 32.7 Å². The molecule has 0 saturated heterocycles. The van der Waals surface area contributed by atoms with Crippen LogP contribution in [0.2, 0.25) is 0 Å². The van der Waals surface area contributed by atoms with Gasteiger partial charge in [-0.25, -0.2) is 9.97 Å². The predicted octanol–water partition coefficient (Wildman–Crippen LogP) is 0.922. The van der Waals surface area contributed by atoms with E-state index in [0.717, 1.165) is 12.8 Å². The molecule has 6 heteroatoms. The Labute approximate surface area is 120 Å². The Morgan fingerprint density at radius 2 is 1.90 bits per heavy atom. The number of carbonyl (C=O) groups is 1. The van der Waals surface area contributed by atoms with Crippen molar-refractivity contribution >= 4 is 11.9 Å². The van der Waals surface area contributed by atoms with E-state index in [0.29, 0.717) is 12.5 Å². The smallest absolute Gasteiger partial charge is 0.242 e. The van der Waals surface area contributed by atoms with Crippen LogP contribution in [0.15, 0.2) is 18.5 Å². The van der Waals surface area contributed by atoms with Gasteiger partial charge in [0.05, 0.1) is 13.2 Å². The molecule has 0 unspecified atom stereocenters. The molecule has 1 aromatic rings. The van der Waals surface area contributed by atoms with E-state index in [2.05, 4.69) is 23.8 Å². The van der Waals surface area contributed by atoms with Crippen molar-refractivity contribution in [1.29, 1.82) is 0 Å². The number of hydrogen-bond donors (Lipinski definition) is 1. The minimum absolute atomic E-state index is 0.0114. The first kappa shape index (κ1) is 16.4. The van der Waals surface area contributed by atoms with Gasteiger partial charge < -0.3 is 14.9 Å². The molecule has 1 rings (SSSR count). The highest BCUT2D eigenvalue weighted by Gasteiger charge is 2.22. The van der Waals surface area contributed by atoms with Gasteiger partial charge in [0.2, 0.25) is 11.9 Å². The summed E-state index contributed by atoms with van der Waals surface area (Å²) in [5, 5.41) is 9.14. The van der Waals surface area contributed by atoms with Gasteiger partial charge in [0.25, 0.3) is 0 Å². The van der Waals surface area contributed by atoms with Crippen LogP contribution in [0.1, 0.15) is 26.7 Å². The molecule has 0 bridgehead atoms. The lowest BCUT2D eigenvalue weighted by molar-refractivity contribution is -0.132. The number of amides is 1. The molecule has 0 aliphatic carbocycles. The number of aliphatic hydroxyl groups excluding tert-OH is 1. The zero-order chi connectivity index (χ0) is 15.0. The molecule has 0 aliphatic heterocycles. The Bertz CT molecular complexity index is 395. The lowest BCUT2D eigenvalue weighted by Crippen LogP contribution is -2.46. The molecule has 0 atom stereocenters. The number of likely N-dealkylation sites (N-methyl/N-ethyl adjacent to an activating group) is 1. The number of nitrogens with zero attached hydrogens (tertiary/aromatic N) is 4. The molecular formula is C14H24N4O2. The van der Waals surface area contributed by atoms with Gasteiger partial charge >= 0.3 is 0 Å². The maximum atomic E-state index is 12.4. The first-order valence-corrected chi connectivity index (χ1v) is 7.02. The normalized spacial score (nSPS) is 10.7. The van der Waals surface area contributed by atoms with Gasteiger partial charge in [-0.1, -0.05) is 13.8 Å². The zero-order valence-corrected chi connectivity index (χ0v) is 12.5. The lowest BCUT2D eigenvalue weighted by Gasteiger charge is -2.31. The van der Waals surface area contributed by atoms with Crippen LogP contribution in [0.3, 0.4) is 0 Å². The molecule has 112 valence electrons. The molecule has 1 amide bonds. The van der Waals surface area contributed by atoms with Gasteiger partial charge in [-0.3, -0.25) is 4.79 Å². The first-order valence-electron chi connectivity index (χ1n) is 7.02. The summed E-state index contributed by atoms with van der Waals surface area (Å²) in [7, 11) is 1.79. The Balaban J connectivity index is 2.70. The summed E-state index contributed by atoms with van der Waals surface area (Å²) in [6.45, 7) is 4.66. The second-order valence-electron chi connectivity index (χ2n) is 4.69. The molecular weight excluding hydrogens is 256 g/mol. The third-order valence-corrected chi connectivity index (χ3v) is 3.31. The minimum atomic E-state index is -0.0200. The van der Waals surface area contributed by atoms with Crippen molar-refractivity contribution in [3.8, 4) is 0 Å². The Hall–Kier alpha value is -1.69. The number of carbonyl (C=O) groups excluding carboxylic acids is 1. The number of hydrogen-bond acceptors (Lipinski definition) is 5. The summed E-state index contributed by atoms with van der Waals surface area (Å²) in [4.78, 5) is 24.1. The van der Waals surface area contributed by atoms with Crippen molar-refractivity contribution in [2.75, 3.05) is 31.6 Å². The average molecular weight is 280 g/mol. The van der Waals surface area contributed by atoms with Crippen LogP contribution in [0.4, 0.5) is 5.95 Å². The summed E-state index contributed by atoms with van der Waals surface area (Å²) in [6, 6.07) is 1.90. The summed E-state index contributed by atoms with van der Waals surface area (Å²) < 4.78 is 0. The van der Waals surface area contributed by atoms with E-state index in [-0.39, 0.29) is 25.1 Å². The highest BCUT2D eigenvalue weighted by molar-refractivity contribution is 5.81. The van der Waals surface area contributed by atoms with E-state index in [1.165, 1.54) is 0 Å². The lowest BCUT2D eigenvalue weighted by atomic mass is 10.1. The molecule has 0 aliphatic rings. The van der Waals surface area contributed by atoms with E-state index in [4.69, 9.17) is 5.11 Å². The van der Waals surface area contributed by atoms with Crippen LogP contribution in [-0.2, 0) is 4.79 Å². The van der Waals surface area contributed by atoms with Crippen molar-refractivity contribution in [2.24, 2.45) is 0 Å². The van der Waals surface area contributed by atoms with Gasteiger partial charge in [-0.05, 0) is 18.9 Å². The Morgan fingerprint density at radius 3 is 2.40 bits per heavy atom. The second kappa shape index (κ2) is 8.47. The molecule has 0 fully saturated rings. The standard InChI is InChI=1S/C14H24N4O2/c1-4-12(5-2)18(9-10-19)13(20)11-17(3)14-15-7-6-8-16-14/h6-8,12,19H,4-5,9-11H2,1-3H3. The van der Waals surface area contributed by atoms with Crippen LogP contribution in [0.5, 0.6) is 0 Å². The fourth-order valence-electron chi connectivity index (χ4n) is 2.20. The maximum absolute atomic E-state index is 12.4. The average Bonchev–Trinajstić information content (AvgIpc) is 2.48. The van der Waals surface area contributed by atoms with Crippen LogP contribution >= 0.6 is 0 Å². The number of rotatable bonds is 8. The first-order chi connectivity index (χ1) is 9.63. The molecule has 0 spiro atoms. The summed E-state index contributed by atoms with van der Waals surface area (Å²) in [5.74, 6) is 0.511. The molecule has 1 heterocycles. The van der Waals surface area contributed by atoms with Gasteiger partial charge in [0.1, 0.15) is 0 Å². The van der Waals surface area contributed by atoms with Crippen LogP contribution in [-0.4, -0.2) is 58.7 Å². The van der Waals surface area contributed by atoms with Gasteiger partial charge in [0, 0.05) is 32.0 Å². The molecule has 1 aromatic heterocycles. The van der Waals surface area contributed by atoms with Gasteiger partial charge in [-0.15, -0.1) is 0 Å². The second-order valence-corrected chi connectivity index (χ2v) is 4.69. The monoisotopic (exact) mass is 280 g/mol. The highest BCUT2D eigenvalue weighted by atomic mass is 16.3. The zero-order valence-electron chi connectivity index (χ0n) is 12.5. The van der Waals surface area contributed by atoms with Gasteiger partial charge in [0.15, 0.2) is 0 Å². The van der Waals surface area contributed by atoms with E-state index in [1.54, 1.807) is 35.3 Å². The maximum Gasteiger partial charge on any atom is 0.242 e. The summed E-state index contributed by atoms with van der Waals surface area (Å²) in [6.07, 6.45) is 5.06. The van der Waals surface area contributed by atoms with Gasteiger partial charge in [-0.2, -0.15) is 0 Å². The Morgan fingerprint density at radius 1 is 1.30 bits per heavy atom. The molecule has 6 nitrogen and oxygen atoms in total. The SMILES string of the molecule is CCC(CC)N(CCO)C(=O)CN(C)c1ncccn1. The van der Waals surface area contributed by atoms with E-state index in [9.17, 15) is 4.79 Å². The van der Waals surface area contributed by atoms with E-state index in [1.807, 2.05) is 0 Å². The fourth-order valence-corrected chi connectivity index (χ4v) is 2.20. The van der Waals surface area contributed by atoms with Crippen molar-refractivity contribution in [3.63, 3.8) is 0 Å². The van der Waals surface area contributed by atoms with Crippen LogP contribution in [0.25, 0.3) is 0 Å². The third kappa shape index (κ3) is 4.45. The molecule has 0 aromatic carbocycles. The summed E-state index contributed by atoms with van der Waals surface area (Å²) >= 11 is 0. The van der Waals surface area contributed by atoms with Crippen molar-refractivity contribution < 1.29 is 9.90 Å². The number of aromatic nitrogens is 2. The molecule has 20 heavy (non-hydrogen) atoms. The van der Waals surface area contributed by atoms with Crippen LogP contribution < -0.4 is 4.90 Å².